The Morgan fingerprint density at radius 3 is 2.42 bits per heavy atom. The third-order valence-electron chi connectivity index (χ3n) is 4.31. The molecule has 3 aromatic rings. The molecule has 0 amide bonds. The topological polar surface area (TPSA) is 108 Å². The van der Waals surface area contributed by atoms with Crippen LogP contribution in [0.1, 0.15) is 15.9 Å². The van der Waals surface area contributed by atoms with Crippen molar-refractivity contribution in [2.24, 2.45) is 0 Å². The van der Waals surface area contributed by atoms with Crippen molar-refractivity contribution in [1.29, 1.82) is 0 Å². The van der Waals surface area contributed by atoms with Crippen LogP contribution in [-0.2, 0) is 4.74 Å². The van der Waals surface area contributed by atoms with Crippen LogP contribution in [0.25, 0.3) is 0 Å². The zero-order chi connectivity index (χ0) is 22.1. The lowest BCUT2D eigenvalue weighted by Crippen LogP contribution is -2.30. The summed E-state index contributed by atoms with van der Waals surface area (Å²) < 4.78 is 5.01. The number of rotatable bonds is 5. The van der Waals surface area contributed by atoms with E-state index < -0.39 is 5.97 Å². The zero-order valence-electron chi connectivity index (χ0n) is 17.1. The first kappa shape index (κ1) is 22.5. The number of aryl methyl sites for hydroxylation is 1. The summed E-state index contributed by atoms with van der Waals surface area (Å²) >= 11 is 6.14. The Kier molecular flexibility index (Phi) is 8.17. The number of ether oxygens (including phenoxy) is 1. The zero-order valence-corrected chi connectivity index (χ0v) is 17.8. The van der Waals surface area contributed by atoms with E-state index in [9.17, 15) is 9.90 Å². The lowest BCUT2D eigenvalue weighted by atomic mass is 10.2. The Bertz CT molecular complexity index is 999. The molecule has 1 aliphatic heterocycles. The second kappa shape index (κ2) is 11.3. The van der Waals surface area contributed by atoms with Crippen molar-refractivity contribution in [1.82, 2.24) is 15.3 Å². The summed E-state index contributed by atoms with van der Waals surface area (Å²) in [5.41, 5.74) is 2.52. The van der Waals surface area contributed by atoms with Gasteiger partial charge in [0.1, 0.15) is 5.02 Å². The molecule has 0 atom stereocenters. The fourth-order valence-corrected chi connectivity index (χ4v) is 2.84. The number of nitrogens with zero attached hydrogens (tertiary/aromatic N) is 2. The summed E-state index contributed by atoms with van der Waals surface area (Å²) in [6.45, 7) is 5.84. The second-order valence-corrected chi connectivity index (χ2v) is 7.13. The van der Waals surface area contributed by atoms with Crippen molar-refractivity contribution in [3.05, 3.63) is 70.9 Å². The molecule has 8 nitrogen and oxygen atoms in total. The first-order valence-electron chi connectivity index (χ1n) is 9.77. The maximum Gasteiger partial charge on any atom is 0.337 e. The van der Waals surface area contributed by atoms with Crippen LogP contribution in [0.4, 0.5) is 23.1 Å². The van der Waals surface area contributed by atoms with E-state index in [2.05, 4.69) is 25.9 Å². The second-order valence-electron chi connectivity index (χ2n) is 6.72. The Labute approximate surface area is 185 Å². The molecule has 4 rings (SSSR count). The number of nitrogens with one attached hydrogen (secondary N) is 3. The summed E-state index contributed by atoms with van der Waals surface area (Å²) in [5.74, 6) is -0.366. The Morgan fingerprint density at radius 1 is 1.10 bits per heavy atom. The Morgan fingerprint density at radius 2 is 1.81 bits per heavy atom. The van der Waals surface area contributed by atoms with Gasteiger partial charge in [0.2, 0.25) is 5.95 Å². The van der Waals surface area contributed by atoms with Crippen molar-refractivity contribution >= 4 is 40.7 Å². The van der Waals surface area contributed by atoms with E-state index in [1.165, 1.54) is 12.3 Å². The number of halogens is 1. The van der Waals surface area contributed by atoms with Crippen LogP contribution in [0.2, 0.25) is 5.02 Å². The van der Waals surface area contributed by atoms with E-state index in [0.29, 0.717) is 17.5 Å². The molecule has 0 saturated carbocycles. The van der Waals surface area contributed by atoms with E-state index in [0.717, 1.165) is 37.6 Å². The van der Waals surface area contributed by atoms with Gasteiger partial charge in [-0.2, -0.15) is 4.98 Å². The molecule has 0 spiro atoms. The van der Waals surface area contributed by atoms with Gasteiger partial charge in [-0.15, -0.1) is 0 Å². The number of hydrogen-bond acceptors (Lipinski definition) is 7. The quantitative estimate of drug-likeness (QED) is 0.465. The molecule has 1 saturated heterocycles. The van der Waals surface area contributed by atoms with Gasteiger partial charge < -0.3 is 25.8 Å². The normalized spacial score (nSPS) is 13.0. The highest BCUT2D eigenvalue weighted by Crippen LogP contribution is 2.26. The maximum absolute atomic E-state index is 11.3. The molecule has 0 bridgehead atoms. The van der Waals surface area contributed by atoms with Crippen molar-refractivity contribution in [3.63, 3.8) is 0 Å². The summed E-state index contributed by atoms with van der Waals surface area (Å²) in [7, 11) is 0. The van der Waals surface area contributed by atoms with Crippen molar-refractivity contribution in [2.45, 2.75) is 6.92 Å². The molecule has 162 valence electrons. The van der Waals surface area contributed by atoms with Gasteiger partial charge in [-0.25, -0.2) is 9.78 Å². The van der Waals surface area contributed by atoms with Crippen LogP contribution >= 0.6 is 11.6 Å². The molecule has 2 heterocycles. The number of carboxylic acids is 1. The van der Waals surface area contributed by atoms with Gasteiger partial charge in [-0.1, -0.05) is 41.4 Å². The number of carbonyl (C=O) groups is 1. The number of aromatic nitrogens is 2. The van der Waals surface area contributed by atoms with E-state index in [1.807, 2.05) is 31.2 Å². The molecule has 31 heavy (non-hydrogen) atoms. The van der Waals surface area contributed by atoms with E-state index in [4.69, 9.17) is 16.3 Å². The van der Waals surface area contributed by atoms with Gasteiger partial charge >= 0.3 is 5.97 Å². The van der Waals surface area contributed by atoms with E-state index >= 15 is 0 Å². The van der Waals surface area contributed by atoms with Gasteiger partial charge in [-0.05, 0) is 31.2 Å². The van der Waals surface area contributed by atoms with Crippen molar-refractivity contribution in [2.75, 3.05) is 36.9 Å². The van der Waals surface area contributed by atoms with Gasteiger partial charge in [0.05, 0.1) is 30.7 Å². The lowest BCUT2D eigenvalue weighted by Gasteiger charge is -2.12. The predicted molar refractivity (Wildman–Crippen MR) is 122 cm³/mol. The molecular formula is C22H24ClN5O3. The Balaban J connectivity index is 0.000000391. The summed E-state index contributed by atoms with van der Waals surface area (Å²) in [4.78, 5) is 19.8. The van der Waals surface area contributed by atoms with Crippen LogP contribution in [0.5, 0.6) is 0 Å². The molecule has 0 unspecified atom stereocenters. The molecule has 1 aliphatic rings. The van der Waals surface area contributed by atoms with E-state index in [-0.39, 0.29) is 10.6 Å². The average Bonchev–Trinajstić information content (AvgIpc) is 2.79. The number of anilines is 4. The Hall–Kier alpha value is -3.20. The van der Waals surface area contributed by atoms with Crippen molar-refractivity contribution < 1.29 is 14.6 Å². The van der Waals surface area contributed by atoms with Crippen LogP contribution < -0.4 is 16.0 Å². The first-order chi connectivity index (χ1) is 15.0. The number of carboxylic acid groups (broad SMARTS) is 1. The summed E-state index contributed by atoms with van der Waals surface area (Å²) in [5, 5.41) is 18.8. The third-order valence-corrected chi connectivity index (χ3v) is 4.59. The number of benzene rings is 2. The number of morpholine rings is 1. The molecule has 4 N–H and O–H groups in total. The standard InChI is InChI=1S/C18H15ClN4O2.C4H9NO/c1-11-6-8-12(9-7-11)21-18-20-10-14(19)16(23-18)22-15-5-3-2-4-13(15)17(24)25;1-3-6-4-2-5-1/h2-10H,1H3,(H,24,25)(H2,20,21,22,23);5H,1-4H2. The number of para-hydroxylation sites is 1. The van der Waals surface area contributed by atoms with Crippen LogP contribution in [-0.4, -0.2) is 47.3 Å². The minimum Gasteiger partial charge on any atom is -0.478 e. The van der Waals surface area contributed by atoms with Crippen molar-refractivity contribution in [3.8, 4) is 0 Å². The summed E-state index contributed by atoms with van der Waals surface area (Å²) in [6, 6.07) is 14.3. The first-order valence-corrected chi connectivity index (χ1v) is 10.1. The van der Waals surface area contributed by atoms with Crippen LogP contribution in [0.3, 0.4) is 0 Å². The maximum atomic E-state index is 11.3. The highest BCUT2D eigenvalue weighted by Gasteiger charge is 2.12. The average molecular weight is 442 g/mol. The monoisotopic (exact) mass is 441 g/mol. The molecule has 9 heteroatoms. The molecular weight excluding hydrogens is 418 g/mol. The van der Waals surface area contributed by atoms with Crippen LogP contribution in [0, 0.1) is 6.92 Å². The lowest BCUT2D eigenvalue weighted by molar-refractivity contribution is 0.0698. The number of hydrogen-bond donors (Lipinski definition) is 4. The molecule has 1 fully saturated rings. The third kappa shape index (κ3) is 6.92. The fourth-order valence-electron chi connectivity index (χ4n) is 2.70. The largest absolute Gasteiger partial charge is 0.478 e. The minimum atomic E-state index is -1.04. The van der Waals surface area contributed by atoms with E-state index in [1.54, 1.807) is 18.2 Å². The summed E-state index contributed by atoms with van der Waals surface area (Å²) in [6.07, 6.45) is 1.46. The van der Waals surface area contributed by atoms with Gasteiger partial charge in [-0.3, -0.25) is 0 Å². The SMILES string of the molecule is C1COCCN1.Cc1ccc(Nc2ncc(Cl)c(Nc3ccccc3C(=O)O)n2)cc1. The predicted octanol–water partition coefficient (Wildman–Crippen LogP) is 4.23. The number of aromatic carboxylic acids is 1. The highest BCUT2D eigenvalue weighted by molar-refractivity contribution is 6.33. The molecule has 0 radical (unpaired) electrons. The fraction of sp³-hybridized carbons (Fsp3) is 0.227. The van der Waals surface area contributed by atoms with Gasteiger partial charge in [0.25, 0.3) is 0 Å². The highest BCUT2D eigenvalue weighted by atomic mass is 35.5. The smallest absolute Gasteiger partial charge is 0.337 e. The van der Waals surface area contributed by atoms with Crippen LogP contribution in [0.15, 0.2) is 54.7 Å². The molecule has 2 aromatic carbocycles. The molecule has 0 aliphatic carbocycles. The van der Waals surface area contributed by atoms with Gasteiger partial charge in [0, 0.05) is 18.8 Å². The van der Waals surface area contributed by atoms with Gasteiger partial charge in [0.15, 0.2) is 5.82 Å². The molecule has 1 aromatic heterocycles. The minimum absolute atomic E-state index is 0.130.